The summed E-state index contributed by atoms with van der Waals surface area (Å²) in [6.45, 7) is 1.93. The highest BCUT2D eigenvalue weighted by molar-refractivity contribution is 5.29. The van der Waals surface area contributed by atoms with Gasteiger partial charge in [0.15, 0.2) is 0 Å². The molecule has 0 aliphatic heterocycles. The molecule has 1 aliphatic rings. The lowest BCUT2D eigenvalue weighted by molar-refractivity contribution is 0.779. The van der Waals surface area contributed by atoms with Crippen LogP contribution in [0.25, 0.3) is 0 Å². The van der Waals surface area contributed by atoms with Crippen LogP contribution in [0.3, 0.4) is 0 Å². The summed E-state index contributed by atoms with van der Waals surface area (Å²) in [6.07, 6.45) is 9.36. The van der Waals surface area contributed by atoms with Crippen LogP contribution in [0.1, 0.15) is 30.5 Å². The molecule has 1 aromatic heterocycles. The number of aromatic amines is 2. The van der Waals surface area contributed by atoms with Gasteiger partial charge in [-0.05, 0) is 12.8 Å². The zero-order chi connectivity index (χ0) is 11.5. The topological polar surface area (TPSA) is 65.7 Å². The number of allylic oxidation sites excluding steroid dienone is 4. The standard InChI is InChI=1S/C12H14N2O2/c1-2-9-10(8-6-4-3-5-7-8)11(15)14-12(16)13-9/h3-6,8H,2,7H2,1H3,(H2,13,14,15,16). The van der Waals surface area contributed by atoms with Gasteiger partial charge in [0.1, 0.15) is 0 Å². The Labute approximate surface area is 92.7 Å². The first kappa shape index (κ1) is 10.7. The van der Waals surface area contributed by atoms with Crippen molar-refractivity contribution in [1.82, 2.24) is 9.97 Å². The number of aromatic nitrogens is 2. The molecule has 0 amide bonds. The van der Waals surface area contributed by atoms with Crippen LogP contribution in [0.15, 0.2) is 33.9 Å². The second-order valence-electron chi connectivity index (χ2n) is 3.81. The molecule has 84 valence electrons. The minimum Gasteiger partial charge on any atom is -0.311 e. The fourth-order valence-electron chi connectivity index (χ4n) is 2.01. The molecule has 4 heteroatoms. The summed E-state index contributed by atoms with van der Waals surface area (Å²) >= 11 is 0. The van der Waals surface area contributed by atoms with E-state index in [1.807, 2.05) is 31.2 Å². The molecule has 0 spiro atoms. The van der Waals surface area contributed by atoms with Gasteiger partial charge >= 0.3 is 5.69 Å². The number of aryl methyl sites for hydroxylation is 1. The zero-order valence-electron chi connectivity index (χ0n) is 9.12. The third-order valence-electron chi connectivity index (χ3n) is 2.77. The smallest absolute Gasteiger partial charge is 0.311 e. The van der Waals surface area contributed by atoms with Crippen LogP contribution in [0.4, 0.5) is 0 Å². The lowest BCUT2D eigenvalue weighted by Crippen LogP contribution is -2.29. The molecule has 0 saturated carbocycles. The van der Waals surface area contributed by atoms with Gasteiger partial charge in [-0.2, -0.15) is 0 Å². The fraction of sp³-hybridized carbons (Fsp3) is 0.333. The summed E-state index contributed by atoms with van der Waals surface area (Å²) in [6, 6.07) is 0. The molecule has 1 atom stereocenters. The Morgan fingerprint density at radius 1 is 1.31 bits per heavy atom. The number of H-pyrrole nitrogens is 2. The van der Waals surface area contributed by atoms with Crippen LogP contribution in [0.2, 0.25) is 0 Å². The van der Waals surface area contributed by atoms with Crippen molar-refractivity contribution < 1.29 is 0 Å². The summed E-state index contributed by atoms with van der Waals surface area (Å²) in [7, 11) is 0. The van der Waals surface area contributed by atoms with Crippen molar-refractivity contribution in [2.75, 3.05) is 0 Å². The van der Waals surface area contributed by atoms with Crippen LogP contribution in [0, 0.1) is 0 Å². The molecule has 0 bridgehead atoms. The first-order chi connectivity index (χ1) is 7.72. The summed E-state index contributed by atoms with van der Waals surface area (Å²) in [5.74, 6) is 0.0700. The SMILES string of the molecule is CCc1[nH]c(=O)[nH]c(=O)c1C1C=CC=CC1. The van der Waals surface area contributed by atoms with E-state index in [2.05, 4.69) is 9.97 Å². The average Bonchev–Trinajstić information content (AvgIpc) is 2.29. The second kappa shape index (κ2) is 4.35. The Balaban J connectivity index is 2.55. The number of hydrogen-bond donors (Lipinski definition) is 2. The molecule has 4 nitrogen and oxygen atoms in total. The lowest BCUT2D eigenvalue weighted by atomic mass is 9.91. The first-order valence-electron chi connectivity index (χ1n) is 5.41. The van der Waals surface area contributed by atoms with Crippen LogP contribution < -0.4 is 11.2 Å². The summed E-state index contributed by atoms with van der Waals surface area (Å²) < 4.78 is 0. The third kappa shape index (κ3) is 1.91. The molecule has 0 fully saturated rings. The van der Waals surface area contributed by atoms with Gasteiger partial charge < -0.3 is 4.98 Å². The van der Waals surface area contributed by atoms with Crippen molar-refractivity contribution in [1.29, 1.82) is 0 Å². The molecule has 1 unspecified atom stereocenters. The van der Waals surface area contributed by atoms with Gasteiger partial charge in [0.2, 0.25) is 0 Å². The molecule has 1 aliphatic carbocycles. The Morgan fingerprint density at radius 3 is 2.75 bits per heavy atom. The Hall–Kier alpha value is -1.84. The van der Waals surface area contributed by atoms with E-state index < -0.39 is 5.69 Å². The molecular formula is C12H14N2O2. The van der Waals surface area contributed by atoms with Crippen molar-refractivity contribution in [3.8, 4) is 0 Å². The predicted octanol–water partition coefficient (Wildman–Crippen LogP) is 1.23. The van der Waals surface area contributed by atoms with Gasteiger partial charge in [0.05, 0.1) is 0 Å². The minimum absolute atomic E-state index is 0.0700. The van der Waals surface area contributed by atoms with E-state index in [0.29, 0.717) is 12.0 Å². The molecule has 2 N–H and O–H groups in total. The molecule has 0 radical (unpaired) electrons. The Kier molecular flexibility index (Phi) is 2.90. The molecule has 16 heavy (non-hydrogen) atoms. The van der Waals surface area contributed by atoms with E-state index in [1.165, 1.54) is 0 Å². The lowest BCUT2D eigenvalue weighted by Gasteiger charge is -2.15. The zero-order valence-corrected chi connectivity index (χ0v) is 9.12. The van der Waals surface area contributed by atoms with E-state index in [-0.39, 0.29) is 11.5 Å². The van der Waals surface area contributed by atoms with Gasteiger partial charge in [0, 0.05) is 17.2 Å². The Bertz CT molecular complexity index is 549. The van der Waals surface area contributed by atoms with Crippen molar-refractivity contribution in [3.63, 3.8) is 0 Å². The van der Waals surface area contributed by atoms with E-state index >= 15 is 0 Å². The van der Waals surface area contributed by atoms with E-state index in [9.17, 15) is 9.59 Å². The highest BCUT2D eigenvalue weighted by atomic mass is 16.2. The quantitative estimate of drug-likeness (QED) is 0.784. The molecule has 0 saturated heterocycles. The summed E-state index contributed by atoms with van der Waals surface area (Å²) in [5, 5.41) is 0. The number of hydrogen-bond acceptors (Lipinski definition) is 2. The number of rotatable bonds is 2. The van der Waals surface area contributed by atoms with Crippen LogP contribution in [-0.4, -0.2) is 9.97 Å². The van der Waals surface area contributed by atoms with Gasteiger partial charge in [0.25, 0.3) is 5.56 Å². The maximum absolute atomic E-state index is 11.8. The fourth-order valence-corrected chi connectivity index (χ4v) is 2.01. The van der Waals surface area contributed by atoms with E-state index in [0.717, 1.165) is 12.1 Å². The molecule has 0 aromatic carbocycles. The molecule has 2 rings (SSSR count). The second-order valence-corrected chi connectivity index (χ2v) is 3.81. The van der Waals surface area contributed by atoms with Gasteiger partial charge in [-0.15, -0.1) is 0 Å². The highest BCUT2D eigenvalue weighted by Gasteiger charge is 2.17. The maximum atomic E-state index is 11.8. The van der Waals surface area contributed by atoms with Crippen LogP contribution >= 0.6 is 0 Å². The largest absolute Gasteiger partial charge is 0.325 e. The maximum Gasteiger partial charge on any atom is 0.325 e. The summed E-state index contributed by atoms with van der Waals surface area (Å²) in [5.41, 5.74) is 0.716. The van der Waals surface area contributed by atoms with Crippen LogP contribution in [-0.2, 0) is 6.42 Å². The summed E-state index contributed by atoms with van der Waals surface area (Å²) in [4.78, 5) is 27.9. The van der Waals surface area contributed by atoms with Crippen molar-refractivity contribution in [3.05, 3.63) is 56.4 Å². The minimum atomic E-state index is -0.430. The van der Waals surface area contributed by atoms with Gasteiger partial charge in [-0.1, -0.05) is 31.2 Å². The third-order valence-corrected chi connectivity index (χ3v) is 2.77. The van der Waals surface area contributed by atoms with E-state index in [4.69, 9.17) is 0 Å². The molecule has 1 aromatic rings. The predicted molar refractivity (Wildman–Crippen MR) is 62.7 cm³/mol. The monoisotopic (exact) mass is 218 g/mol. The normalized spacial score (nSPS) is 18.9. The first-order valence-corrected chi connectivity index (χ1v) is 5.41. The van der Waals surface area contributed by atoms with E-state index in [1.54, 1.807) is 0 Å². The average molecular weight is 218 g/mol. The molecule has 1 heterocycles. The van der Waals surface area contributed by atoms with Crippen molar-refractivity contribution >= 4 is 0 Å². The Morgan fingerprint density at radius 2 is 2.12 bits per heavy atom. The van der Waals surface area contributed by atoms with Crippen molar-refractivity contribution in [2.45, 2.75) is 25.7 Å². The van der Waals surface area contributed by atoms with Gasteiger partial charge in [-0.25, -0.2) is 4.79 Å². The van der Waals surface area contributed by atoms with Crippen LogP contribution in [0.5, 0.6) is 0 Å². The van der Waals surface area contributed by atoms with Gasteiger partial charge in [-0.3, -0.25) is 9.78 Å². The molecular weight excluding hydrogens is 204 g/mol. The number of nitrogens with one attached hydrogen (secondary N) is 2. The highest BCUT2D eigenvalue weighted by Crippen LogP contribution is 2.23. The van der Waals surface area contributed by atoms with Crippen molar-refractivity contribution in [2.24, 2.45) is 0 Å².